The zero-order valence-electron chi connectivity index (χ0n) is 8.04. The van der Waals surface area contributed by atoms with E-state index in [9.17, 15) is 8.42 Å². The summed E-state index contributed by atoms with van der Waals surface area (Å²) in [6, 6.07) is 5.76. The van der Waals surface area contributed by atoms with Crippen molar-refractivity contribution in [3.05, 3.63) is 33.8 Å². The third-order valence-corrected chi connectivity index (χ3v) is 3.30. The molecule has 0 atom stereocenters. The van der Waals surface area contributed by atoms with Crippen LogP contribution in [0, 0.1) is 6.92 Å². The lowest BCUT2D eigenvalue weighted by Gasteiger charge is -2.04. The van der Waals surface area contributed by atoms with Gasteiger partial charge in [-0.05, 0) is 24.1 Å². The molecule has 1 aromatic rings. The third-order valence-electron chi connectivity index (χ3n) is 1.77. The van der Waals surface area contributed by atoms with Crippen molar-refractivity contribution in [3.63, 3.8) is 0 Å². The number of hydrogen-bond acceptors (Lipinski definition) is 2. The van der Waals surface area contributed by atoms with Crippen molar-refractivity contribution < 1.29 is 8.42 Å². The van der Waals surface area contributed by atoms with E-state index in [0.717, 1.165) is 21.9 Å². The Labute approximate surface area is 92.7 Å². The van der Waals surface area contributed by atoms with E-state index in [1.165, 1.54) is 0 Å². The van der Waals surface area contributed by atoms with Gasteiger partial charge in [-0.3, -0.25) is 0 Å². The van der Waals surface area contributed by atoms with Crippen LogP contribution in [-0.4, -0.2) is 14.7 Å². The van der Waals surface area contributed by atoms with Gasteiger partial charge in [0.1, 0.15) is 0 Å². The number of sulfonamides is 1. The Hall–Kier alpha value is -0.390. The molecule has 0 aliphatic heterocycles. The van der Waals surface area contributed by atoms with Crippen molar-refractivity contribution in [2.24, 2.45) is 0 Å². The highest BCUT2D eigenvalue weighted by atomic mass is 79.9. The van der Waals surface area contributed by atoms with Crippen LogP contribution < -0.4 is 4.72 Å². The first-order valence-corrected chi connectivity index (χ1v) is 6.76. The average molecular weight is 278 g/mol. The van der Waals surface area contributed by atoms with E-state index >= 15 is 0 Å². The van der Waals surface area contributed by atoms with Crippen molar-refractivity contribution in [1.29, 1.82) is 0 Å². The van der Waals surface area contributed by atoms with E-state index in [-0.39, 0.29) is 0 Å². The topological polar surface area (TPSA) is 46.2 Å². The number of aryl methyl sites for hydroxylation is 1. The van der Waals surface area contributed by atoms with E-state index in [2.05, 4.69) is 20.7 Å². The van der Waals surface area contributed by atoms with Gasteiger partial charge < -0.3 is 0 Å². The quantitative estimate of drug-likeness (QED) is 0.916. The molecule has 0 saturated carbocycles. The van der Waals surface area contributed by atoms with E-state index in [4.69, 9.17) is 0 Å². The second kappa shape index (κ2) is 4.42. The minimum Gasteiger partial charge on any atom is -0.213 e. The molecule has 0 aliphatic rings. The molecule has 0 aromatic heterocycles. The Morgan fingerprint density at radius 3 is 2.57 bits per heavy atom. The van der Waals surface area contributed by atoms with Crippen LogP contribution >= 0.6 is 15.9 Å². The van der Waals surface area contributed by atoms with E-state index in [1.54, 1.807) is 0 Å². The van der Waals surface area contributed by atoms with Crippen LogP contribution in [0.15, 0.2) is 22.7 Å². The average Bonchev–Trinajstić information content (AvgIpc) is 2.06. The molecular weight excluding hydrogens is 266 g/mol. The highest BCUT2D eigenvalue weighted by Gasteiger charge is 2.02. The summed E-state index contributed by atoms with van der Waals surface area (Å²) in [5.74, 6) is 0. The molecule has 5 heteroatoms. The number of hydrogen-bond donors (Lipinski definition) is 1. The van der Waals surface area contributed by atoms with E-state index in [0.29, 0.717) is 6.54 Å². The highest BCUT2D eigenvalue weighted by molar-refractivity contribution is 9.10. The molecule has 1 aromatic carbocycles. The monoisotopic (exact) mass is 277 g/mol. The van der Waals surface area contributed by atoms with Crippen LogP contribution in [-0.2, 0) is 16.6 Å². The van der Waals surface area contributed by atoms with Gasteiger partial charge in [0.25, 0.3) is 0 Å². The first-order chi connectivity index (χ1) is 6.38. The number of benzene rings is 1. The van der Waals surface area contributed by atoms with Gasteiger partial charge in [0.05, 0.1) is 6.26 Å². The largest absolute Gasteiger partial charge is 0.213 e. The minimum absolute atomic E-state index is 0.331. The Bertz CT molecular complexity index is 428. The highest BCUT2D eigenvalue weighted by Crippen LogP contribution is 2.17. The summed E-state index contributed by atoms with van der Waals surface area (Å²) in [6.07, 6.45) is 1.15. The van der Waals surface area contributed by atoms with Gasteiger partial charge in [0.2, 0.25) is 10.0 Å². The van der Waals surface area contributed by atoms with Crippen molar-refractivity contribution in [3.8, 4) is 0 Å². The van der Waals surface area contributed by atoms with Gasteiger partial charge >= 0.3 is 0 Å². The molecule has 0 spiro atoms. The summed E-state index contributed by atoms with van der Waals surface area (Å²) in [6.45, 7) is 2.32. The maximum Gasteiger partial charge on any atom is 0.209 e. The molecule has 0 fully saturated rings. The Kier molecular flexibility index (Phi) is 3.69. The number of halogens is 1. The molecule has 0 unspecified atom stereocenters. The second-order valence-corrected chi connectivity index (χ2v) is 5.86. The molecule has 0 bridgehead atoms. The summed E-state index contributed by atoms with van der Waals surface area (Å²) in [5.41, 5.74) is 2.07. The third kappa shape index (κ3) is 3.77. The summed E-state index contributed by atoms with van der Waals surface area (Å²) >= 11 is 3.39. The predicted octanol–water partition coefficient (Wildman–Crippen LogP) is 1.81. The predicted molar refractivity (Wildman–Crippen MR) is 60.6 cm³/mol. The zero-order valence-corrected chi connectivity index (χ0v) is 10.4. The lowest BCUT2D eigenvalue weighted by atomic mass is 10.1. The zero-order chi connectivity index (χ0) is 10.8. The molecule has 0 aliphatic carbocycles. The smallest absolute Gasteiger partial charge is 0.209 e. The van der Waals surface area contributed by atoms with Gasteiger partial charge in [-0.25, -0.2) is 13.1 Å². The standard InChI is InChI=1S/C9H12BrNO2S/c1-7-3-4-8(5-9(7)10)6-11-14(2,12)13/h3-5,11H,6H2,1-2H3. The van der Waals surface area contributed by atoms with Crippen LogP contribution in [0.1, 0.15) is 11.1 Å². The Morgan fingerprint density at radius 2 is 2.07 bits per heavy atom. The SMILES string of the molecule is Cc1ccc(CNS(C)(=O)=O)cc1Br. The first kappa shape index (κ1) is 11.7. The fourth-order valence-electron chi connectivity index (χ4n) is 0.961. The van der Waals surface area contributed by atoms with Crippen molar-refractivity contribution in [2.75, 3.05) is 6.26 Å². The molecule has 78 valence electrons. The molecule has 0 amide bonds. The van der Waals surface area contributed by atoms with Crippen LogP contribution in [0.25, 0.3) is 0 Å². The normalized spacial score (nSPS) is 11.6. The molecule has 1 N–H and O–H groups in total. The summed E-state index contributed by atoms with van der Waals surface area (Å²) < 4.78 is 25.1. The fourth-order valence-corrected chi connectivity index (χ4v) is 1.82. The molecule has 1 rings (SSSR count). The summed E-state index contributed by atoms with van der Waals surface area (Å²) in [7, 11) is -3.11. The summed E-state index contributed by atoms with van der Waals surface area (Å²) in [4.78, 5) is 0. The van der Waals surface area contributed by atoms with Crippen LogP contribution in [0.3, 0.4) is 0 Å². The first-order valence-electron chi connectivity index (χ1n) is 4.08. The molecule has 14 heavy (non-hydrogen) atoms. The van der Waals surface area contributed by atoms with Crippen molar-refractivity contribution in [2.45, 2.75) is 13.5 Å². The molecule has 0 radical (unpaired) electrons. The lowest BCUT2D eigenvalue weighted by molar-refractivity contribution is 0.587. The van der Waals surface area contributed by atoms with Gasteiger partial charge in [-0.1, -0.05) is 28.1 Å². The van der Waals surface area contributed by atoms with Crippen LogP contribution in [0.5, 0.6) is 0 Å². The van der Waals surface area contributed by atoms with Gasteiger partial charge in [0, 0.05) is 11.0 Å². The second-order valence-electron chi connectivity index (χ2n) is 3.18. The lowest BCUT2D eigenvalue weighted by Crippen LogP contribution is -2.21. The number of nitrogens with one attached hydrogen (secondary N) is 1. The van der Waals surface area contributed by atoms with E-state index in [1.807, 2.05) is 25.1 Å². The minimum atomic E-state index is -3.11. The molecular formula is C9H12BrNO2S. The van der Waals surface area contributed by atoms with Crippen molar-refractivity contribution >= 4 is 26.0 Å². The van der Waals surface area contributed by atoms with Crippen LogP contribution in [0.4, 0.5) is 0 Å². The Morgan fingerprint density at radius 1 is 1.43 bits per heavy atom. The van der Waals surface area contributed by atoms with E-state index < -0.39 is 10.0 Å². The van der Waals surface area contributed by atoms with Crippen molar-refractivity contribution in [1.82, 2.24) is 4.72 Å². The molecule has 3 nitrogen and oxygen atoms in total. The Balaban J connectivity index is 2.74. The van der Waals surface area contributed by atoms with Gasteiger partial charge in [0.15, 0.2) is 0 Å². The van der Waals surface area contributed by atoms with Gasteiger partial charge in [-0.15, -0.1) is 0 Å². The maximum atomic E-state index is 10.8. The fraction of sp³-hybridized carbons (Fsp3) is 0.333. The molecule has 0 saturated heterocycles. The van der Waals surface area contributed by atoms with Crippen LogP contribution in [0.2, 0.25) is 0 Å². The van der Waals surface area contributed by atoms with Gasteiger partial charge in [-0.2, -0.15) is 0 Å². The number of rotatable bonds is 3. The summed E-state index contributed by atoms with van der Waals surface area (Å²) in [5, 5.41) is 0. The maximum absolute atomic E-state index is 10.8. The molecule has 0 heterocycles.